The molecule has 0 aliphatic carbocycles. The van der Waals surface area contributed by atoms with Gasteiger partial charge in [0.05, 0.1) is 37.0 Å². The second kappa shape index (κ2) is 6.80. The summed E-state index contributed by atoms with van der Waals surface area (Å²) in [6.07, 6.45) is 3.59. The normalized spacial score (nSPS) is 10.6. The highest BCUT2D eigenvalue weighted by atomic mass is 35.5. The quantitative estimate of drug-likeness (QED) is 0.772. The molecule has 0 atom stereocenters. The van der Waals surface area contributed by atoms with E-state index < -0.39 is 0 Å². The zero-order chi connectivity index (χ0) is 17.1. The van der Waals surface area contributed by atoms with Crippen molar-refractivity contribution in [1.29, 1.82) is 0 Å². The molecule has 0 bridgehead atoms. The molecule has 6 nitrogen and oxygen atoms in total. The number of methoxy groups -OCH3 is 2. The van der Waals surface area contributed by atoms with Crippen LogP contribution in [0, 0.1) is 0 Å². The Labute approximate surface area is 144 Å². The molecule has 0 aliphatic rings. The van der Waals surface area contributed by atoms with Gasteiger partial charge >= 0.3 is 0 Å². The molecule has 7 heteroatoms. The molecule has 0 fully saturated rings. The number of carbonyl (C=O) groups excluding carboxylic acids is 1. The van der Waals surface area contributed by atoms with Crippen molar-refractivity contribution in [2.75, 3.05) is 14.2 Å². The second-order valence-electron chi connectivity index (χ2n) is 5.09. The summed E-state index contributed by atoms with van der Waals surface area (Å²) in [4.78, 5) is 16.9. The molecule has 2 heterocycles. The number of hydrogen-bond acceptors (Lipinski definition) is 4. The highest BCUT2D eigenvalue weighted by Gasteiger charge is 2.14. The minimum Gasteiger partial charge on any atom is -0.497 e. The maximum Gasteiger partial charge on any atom is 0.255 e. The van der Waals surface area contributed by atoms with Gasteiger partial charge in [-0.25, -0.2) is 4.98 Å². The van der Waals surface area contributed by atoms with Crippen molar-refractivity contribution in [1.82, 2.24) is 14.7 Å². The fourth-order valence-corrected chi connectivity index (χ4v) is 2.53. The second-order valence-corrected chi connectivity index (χ2v) is 5.53. The standard InChI is InChI=1S/C17H16ClN3O3/c1-23-13-4-5-15(24-2)14(7-13)17(22)19-8-12-10-21-9-11(18)3-6-16(21)20-12/h3-7,9-10H,8H2,1-2H3,(H,19,22). The number of aromatic nitrogens is 2. The van der Waals surface area contributed by atoms with E-state index in [1.165, 1.54) is 7.11 Å². The number of benzene rings is 1. The maximum absolute atomic E-state index is 12.4. The summed E-state index contributed by atoms with van der Waals surface area (Å²) >= 11 is 5.95. The first-order chi connectivity index (χ1) is 11.6. The number of hydrogen-bond donors (Lipinski definition) is 1. The van der Waals surface area contributed by atoms with E-state index in [4.69, 9.17) is 21.1 Å². The molecule has 0 unspecified atom stereocenters. The van der Waals surface area contributed by atoms with Crippen molar-refractivity contribution in [2.45, 2.75) is 6.54 Å². The molecule has 0 spiro atoms. The minimum absolute atomic E-state index is 0.263. The van der Waals surface area contributed by atoms with E-state index in [0.717, 1.165) is 11.3 Å². The molecule has 0 saturated heterocycles. The van der Waals surface area contributed by atoms with E-state index in [2.05, 4.69) is 10.3 Å². The van der Waals surface area contributed by atoms with Gasteiger partial charge in [0, 0.05) is 12.4 Å². The summed E-state index contributed by atoms with van der Waals surface area (Å²) in [7, 11) is 3.07. The van der Waals surface area contributed by atoms with Crippen LogP contribution in [0.2, 0.25) is 5.02 Å². The van der Waals surface area contributed by atoms with Crippen molar-refractivity contribution in [3.05, 3.63) is 59.0 Å². The van der Waals surface area contributed by atoms with E-state index in [1.54, 1.807) is 37.6 Å². The van der Waals surface area contributed by atoms with E-state index in [0.29, 0.717) is 28.6 Å². The molecule has 0 radical (unpaired) electrons. The molecule has 3 aromatic rings. The van der Waals surface area contributed by atoms with Crippen molar-refractivity contribution in [2.24, 2.45) is 0 Å². The Morgan fingerprint density at radius 1 is 1.21 bits per heavy atom. The molecule has 0 saturated carbocycles. The van der Waals surface area contributed by atoms with Crippen LogP contribution in [0.15, 0.2) is 42.7 Å². The number of nitrogens with zero attached hydrogens (tertiary/aromatic N) is 2. The smallest absolute Gasteiger partial charge is 0.255 e. The van der Waals surface area contributed by atoms with Crippen LogP contribution in [0.1, 0.15) is 16.1 Å². The molecule has 1 aromatic carbocycles. The zero-order valence-corrected chi connectivity index (χ0v) is 14.0. The molecule has 124 valence electrons. The number of halogens is 1. The highest BCUT2D eigenvalue weighted by molar-refractivity contribution is 6.30. The Kier molecular flexibility index (Phi) is 4.57. The van der Waals surface area contributed by atoms with Gasteiger partial charge in [-0.2, -0.15) is 0 Å². The van der Waals surface area contributed by atoms with Crippen molar-refractivity contribution >= 4 is 23.2 Å². The van der Waals surface area contributed by atoms with Crippen LogP contribution in [-0.2, 0) is 6.54 Å². The third-order valence-corrected chi connectivity index (χ3v) is 3.77. The molecular formula is C17H16ClN3O3. The third kappa shape index (κ3) is 3.28. The van der Waals surface area contributed by atoms with Crippen LogP contribution in [0.5, 0.6) is 11.5 Å². The Bertz CT molecular complexity index is 892. The van der Waals surface area contributed by atoms with E-state index in [1.807, 2.05) is 16.7 Å². The van der Waals surface area contributed by atoms with Crippen LogP contribution in [-0.4, -0.2) is 29.5 Å². The summed E-state index contributed by atoms with van der Waals surface area (Å²) in [6.45, 7) is 0.290. The first-order valence-corrected chi connectivity index (χ1v) is 7.62. The lowest BCUT2D eigenvalue weighted by molar-refractivity contribution is 0.0947. The Morgan fingerprint density at radius 2 is 2.04 bits per heavy atom. The van der Waals surface area contributed by atoms with Gasteiger partial charge in [-0.1, -0.05) is 11.6 Å². The fourth-order valence-electron chi connectivity index (χ4n) is 2.36. The van der Waals surface area contributed by atoms with Crippen molar-refractivity contribution in [3.8, 4) is 11.5 Å². The van der Waals surface area contributed by atoms with E-state index >= 15 is 0 Å². The lowest BCUT2D eigenvalue weighted by Crippen LogP contribution is -2.23. The number of fused-ring (bicyclic) bond motifs is 1. The molecule has 24 heavy (non-hydrogen) atoms. The summed E-state index contributed by atoms with van der Waals surface area (Å²) < 4.78 is 12.2. The van der Waals surface area contributed by atoms with Gasteiger partial charge in [0.25, 0.3) is 5.91 Å². The van der Waals surface area contributed by atoms with E-state index in [9.17, 15) is 4.79 Å². The van der Waals surface area contributed by atoms with Crippen LogP contribution >= 0.6 is 11.6 Å². The summed E-state index contributed by atoms with van der Waals surface area (Å²) in [6, 6.07) is 8.66. The summed E-state index contributed by atoms with van der Waals surface area (Å²) in [5, 5.41) is 3.46. The highest BCUT2D eigenvalue weighted by Crippen LogP contribution is 2.23. The number of carbonyl (C=O) groups is 1. The molecule has 2 aromatic heterocycles. The summed E-state index contributed by atoms with van der Waals surface area (Å²) in [5.41, 5.74) is 1.90. The van der Waals surface area contributed by atoms with Gasteiger partial charge < -0.3 is 19.2 Å². The van der Waals surface area contributed by atoms with Crippen LogP contribution in [0.25, 0.3) is 5.65 Å². The lowest BCUT2D eigenvalue weighted by Gasteiger charge is -2.10. The van der Waals surface area contributed by atoms with Gasteiger partial charge in [-0.3, -0.25) is 4.79 Å². The lowest BCUT2D eigenvalue weighted by atomic mass is 10.1. The average Bonchev–Trinajstić information content (AvgIpc) is 3.01. The van der Waals surface area contributed by atoms with Gasteiger partial charge in [-0.15, -0.1) is 0 Å². The van der Waals surface area contributed by atoms with Crippen molar-refractivity contribution < 1.29 is 14.3 Å². The van der Waals surface area contributed by atoms with Crippen LogP contribution in [0.3, 0.4) is 0 Å². The SMILES string of the molecule is COc1ccc(OC)c(C(=O)NCc2cn3cc(Cl)ccc3n2)c1. The topological polar surface area (TPSA) is 64.9 Å². The predicted molar refractivity (Wildman–Crippen MR) is 90.9 cm³/mol. The fraction of sp³-hybridized carbons (Fsp3) is 0.176. The van der Waals surface area contributed by atoms with Crippen LogP contribution in [0.4, 0.5) is 0 Å². The first-order valence-electron chi connectivity index (χ1n) is 7.24. The Balaban J connectivity index is 1.77. The van der Waals surface area contributed by atoms with Gasteiger partial charge in [-0.05, 0) is 30.3 Å². The number of imidazole rings is 1. The summed E-state index contributed by atoms with van der Waals surface area (Å²) in [5.74, 6) is 0.805. The average molecular weight is 346 g/mol. The van der Waals surface area contributed by atoms with Gasteiger partial charge in [0.15, 0.2) is 0 Å². The number of ether oxygens (including phenoxy) is 2. The predicted octanol–water partition coefficient (Wildman–Crippen LogP) is 2.93. The van der Waals surface area contributed by atoms with E-state index in [-0.39, 0.29) is 5.91 Å². The van der Waals surface area contributed by atoms with Crippen LogP contribution < -0.4 is 14.8 Å². The number of amides is 1. The monoisotopic (exact) mass is 345 g/mol. The van der Waals surface area contributed by atoms with Gasteiger partial charge in [0.2, 0.25) is 0 Å². The third-order valence-electron chi connectivity index (χ3n) is 3.55. The van der Waals surface area contributed by atoms with Gasteiger partial charge in [0.1, 0.15) is 17.1 Å². The Morgan fingerprint density at radius 3 is 2.79 bits per heavy atom. The maximum atomic E-state index is 12.4. The molecule has 0 aliphatic heterocycles. The number of nitrogens with one attached hydrogen (secondary N) is 1. The van der Waals surface area contributed by atoms with Crippen molar-refractivity contribution in [3.63, 3.8) is 0 Å². The molecule has 1 amide bonds. The zero-order valence-electron chi connectivity index (χ0n) is 13.2. The minimum atomic E-state index is -0.263. The largest absolute Gasteiger partial charge is 0.497 e. The molecule has 3 rings (SSSR count). The Hall–Kier alpha value is -2.73. The number of rotatable bonds is 5. The molecule has 1 N–H and O–H groups in total. The first kappa shape index (κ1) is 16.1. The number of pyridine rings is 1. The molecular weight excluding hydrogens is 330 g/mol.